The lowest BCUT2D eigenvalue weighted by atomic mass is 10.1. The molecule has 1 amide bonds. The van der Waals surface area contributed by atoms with Crippen molar-refractivity contribution in [2.75, 3.05) is 12.0 Å². The number of hydrogen-bond acceptors (Lipinski definition) is 3. The maximum atomic E-state index is 11.6. The van der Waals surface area contributed by atoms with E-state index in [4.69, 9.17) is 5.11 Å². The first-order valence-electron chi connectivity index (χ1n) is 5.08. The van der Waals surface area contributed by atoms with Gasteiger partial charge >= 0.3 is 5.97 Å². The Morgan fingerprint density at radius 1 is 1.53 bits per heavy atom. The van der Waals surface area contributed by atoms with Crippen molar-refractivity contribution in [3.05, 3.63) is 0 Å². The topological polar surface area (TPSA) is 66.4 Å². The average molecular weight is 231 g/mol. The number of carboxylic acid groups (broad SMARTS) is 1. The summed E-state index contributed by atoms with van der Waals surface area (Å²) >= 11 is 1.59. The van der Waals surface area contributed by atoms with Gasteiger partial charge in [-0.3, -0.25) is 4.79 Å². The Morgan fingerprint density at radius 3 is 2.53 bits per heavy atom. The van der Waals surface area contributed by atoms with E-state index in [1.165, 1.54) is 0 Å². The summed E-state index contributed by atoms with van der Waals surface area (Å²) in [5.41, 5.74) is 0. The number of carbonyl (C=O) groups excluding carboxylic acids is 1. The number of hydrogen-bond donors (Lipinski definition) is 2. The van der Waals surface area contributed by atoms with E-state index in [0.717, 1.165) is 18.6 Å². The van der Waals surface area contributed by atoms with Crippen LogP contribution in [0, 0.1) is 11.8 Å². The van der Waals surface area contributed by atoms with Crippen molar-refractivity contribution in [1.82, 2.24) is 5.32 Å². The quantitative estimate of drug-likeness (QED) is 0.714. The molecule has 2 unspecified atom stereocenters. The summed E-state index contributed by atoms with van der Waals surface area (Å²) in [4.78, 5) is 22.5. The summed E-state index contributed by atoms with van der Waals surface area (Å²) in [6.07, 6.45) is 3.75. The normalized spacial score (nSPS) is 19.3. The molecular formula is C10H17NO3S. The van der Waals surface area contributed by atoms with Crippen LogP contribution in [0.5, 0.6) is 0 Å². The molecule has 0 aromatic carbocycles. The zero-order valence-electron chi connectivity index (χ0n) is 9.03. The lowest BCUT2D eigenvalue weighted by molar-refractivity contribution is -0.142. The first kappa shape index (κ1) is 12.4. The highest BCUT2D eigenvalue weighted by molar-refractivity contribution is 7.98. The van der Waals surface area contributed by atoms with Gasteiger partial charge in [0.15, 0.2) is 0 Å². The monoisotopic (exact) mass is 231 g/mol. The van der Waals surface area contributed by atoms with Crippen LogP contribution in [0.25, 0.3) is 0 Å². The predicted molar refractivity (Wildman–Crippen MR) is 59.8 cm³/mol. The van der Waals surface area contributed by atoms with E-state index in [2.05, 4.69) is 5.32 Å². The van der Waals surface area contributed by atoms with Crippen LogP contribution in [-0.2, 0) is 9.59 Å². The summed E-state index contributed by atoms with van der Waals surface area (Å²) < 4.78 is 0. The van der Waals surface area contributed by atoms with Gasteiger partial charge in [-0.2, -0.15) is 11.8 Å². The van der Waals surface area contributed by atoms with Gasteiger partial charge in [0.2, 0.25) is 5.91 Å². The summed E-state index contributed by atoms with van der Waals surface area (Å²) in [7, 11) is 0. The molecule has 1 rings (SSSR count). The van der Waals surface area contributed by atoms with Crippen LogP contribution in [0.15, 0.2) is 0 Å². The maximum absolute atomic E-state index is 11.6. The highest BCUT2D eigenvalue weighted by atomic mass is 32.2. The van der Waals surface area contributed by atoms with E-state index in [1.807, 2.05) is 13.2 Å². The number of rotatable bonds is 6. The van der Waals surface area contributed by atoms with Crippen LogP contribution in [0.4, 0.5) is 0 Å². The van der Waals surface area contributed by atoms with Crippen molar-refractivity contribution in [2.24, 2.45) is 11.8 Å². The van der Waals surface area contributed by atoms with Crippen molar-refractivity contribution in [2.45, 2.75) is 25.8 Å². The second-order valence-corrected chi connectivity index (χ2v) is 4.93. The minimum atomic E-state index is -0.915. The van der Waals surface area contributed by atoms with E-state index in [1.54, 1.807) is 11.8 Å². The molecule has 1 aliphatic rings. The molecule has 1 saturated carbocycles. The van der Waals surface area contributed by atoms with Crippen LogP contribution < -0.4 is 5.32 Å². The number of carbonyl (C=O) groups is 2. The van der Waals surface area contributed by atoms with Crippen LogP contribution in [0.2, 0.25) is 0 Å². The third-order valence-corrected chi connectivity index (χ3v) is 3.35. The summed E-state index contributed by atoms with van der Waals surface area (Å²) in [6, 6.07) is -0.679. The Kier molecular flexibility index (Phi) is 4.45. The molecule has 2 N–H and O–H groups in total. The minimum absolute atomic E-state index is 0.124. The number of thioether (sulfide) groups is 1. The zero-order valence-corrected chi connectivity index (χ0v) is 9.84. The van der Waals surface area contributed by atoms with Crippen LogP contribution >= 0.6 is 11.8 Å². The Morgan fingerprint density at radius 2 is 2.13 bits per heavy atom. The molecule has 0 aromatic rings. The molecule has 2 atom stereocenters. The number of nitrogens with one attached hydrogen (secondary N) is 1. The molecule has 0 aliphatic heterocycles. The van der Waals surface area contributed by atoms with Crippen molar-refractivity contribution in [3.63, 3.8) is 0 Å². The van der Waals surface area contributed by atoms with Crippen LogP contribution in [0.1, 0.15) is 19.8 Å². The Labute approximate surface area is 93.8 Å². The van der Waals surface area contributed by atoms with Gasteiger partial charge in [-0.15, -0.1) is 0 Å². The molecule has 0 radical (unpaired) electrons. The van der Waals surface area contributed by atoms with Crippen molar-refractivity contribution in [3.8, 4) is 0 Å². The highest BCUT2D eigenvalue weighted by Gasteiger charge is 2.37. The lowest BCUT2D eigenvalue weighted by Crippen LogP contribution is -2.44. The molecule has 0 aromatic heterocycles. The van der Waals surface area contributed by atoms with Gasteiger partial charge < -0.3 is 10.4 Å². The zero-order chi connectivity index (χ0) is 11.4. The molecule has 1 aliphatic carbocycles. The fraction of sp³-hybridized carbons (Fsp3) is 0.800. The first-order valence-corrected chi connectivity index (χ1v) is 6.47. The van der Waals surface area contributed by atoms with E-state index >= 15 is 0 Å². The lowest BCUT2D eigenvalue weighted by Gasteiger charge is -2.16. The average Bonchev–Trinajstić information content (AvgIpc) is 2.97. The Bertz CT molecular complexity index is 253. The molecule has 4 nitrogen and oxygen atoms in total. The van der Waals surface area contributed by atoms with E-state index in [-0.39, 0.29) is 17.7 Å². The van der Waals surface area contributed by atoms with Gasteiger partial charge in [0.25, 0.3) is 0 Å². The van der Waals surface area contributed by atoms with Crippen molar-refractivity contribution >= 4 is 23.6 Å². The number of carboxylic acids is 1. The van der Waals surface area contributed by atoms with E-state index < -0.39 is 12.0 Å². The standard InChI is InChI=1S/C10H17NO3S/c1-6(5-15-2)9(12)11-8(10(13)14)7-3-4-7/h6-8H,3-5H2,1-2H3,(H,11,12)(H,13,14). The fourth-order valence-corrected chi connectivity index (χ4v) is 2.08. The summed E-state index contributed by atoms with van der Waals surface area (Å²) in [5, 5.41) is 11.5. The molecular weight excluding hydrogens is 214 g/mol. The molecule has 1 fully saturated rings. The smallest absolute Gasteiger partial charge is 0.326 e. The predicted octanol–water partition coefficient (Wildman–Crippen LogP) is 0.965. The third kappa shape index (κ3) is 3.74. The van der Waals surface area contributed by atoms with Gasteiger partial charge in [-0.25, -0.2) is 4.79 Å². The molecule has 15 heavy (non-hydrogen) atoms. The molecule has 0 spiro atoms. The summed E-state index contributed by atoms with van der Waals surface area (Å²) in [5.74, 6) is -0.317. The third-order valence-electron chi connectivity index (χ3n) is 2.52. The molecule has 0 bridgehead atoms. The molecule has 0 saturated heterocycles. The fourth-order valence-electron chi connectivity index (χ4n) is 1.43. The van der Waals surface area contributed by atoms with Crippen molar-refractivity contribution < 1.29 is 14.7 Å². The minimum Gasteiger partial charge on any atom is -0.480 e. The second-order valence-electron chi connectivity index (χ2n) is 4.02. The second kappa shape index (κ2) is 5.39. The number of amides is 1. The van der Waals surface area contributed by atoms with Gasteiger partial charge in [-0.05, 0) is 25.0 Å². The van der Waals surface area contributed by atoms with Crippen molar-refractivity contribution in [1.29, 1.82) is 0 Å². The summed E-state index contributed by atoms with van der Waals surface area (Å²) in [6.45, 7) is 1.82. The van der Waals surface area contributed by atoms with Crippen LogP contribution in [0.3, 0.4) is 0 Å². The van der Waals surface area contributed by atoms with Crippen LogP contribution in [-0.4, -0.2) is 35.0 Å². The van der Waals surface area contributed by atoms with Gasteiger partial charge in [0.1, 0.15) is 6.04 Å². The van der Waals surface area contributed by atoms with E-state index in [9.17, 15) is 9.59 Å². The highest BCUT2D eigenvalue weighted by Crippen LogP contribution is 2.32. The molecule has 5 heteroatoms. The Hall–Kier alpha value is -0.710. The SMILES string of the molecule is CSCC(C)C(=O)NC(C(=O)O)C1CC1. The van der Waals surface area contributed by atoms with E-state index in [0.29, 0.717) is 0 Å². The largest absolute Gasteiger partial charge is 0.480 e. The maximum Gasteiger partial charge on any atom is 0.326 e. The van der Waals surface area contributed by atoms with Gasteiger partial charge in [0.05, 0.1) is 0 Å². The molecule has 86 valence electrons. The number of aliphatic carboxylic acids is 1. The Balaban J connectivity index is 2.43. The molecule has 0 heterocycles. The van der Waals surface area contributed by atoms with Gasteiger partial charge in [0, 0.05) is 11.7 Å². The first-order chi connectivity index (χ1) is 7.06. The van der Waals surface area contributed by atoms with Gasteiger partial charge in [-0.1, -0.05) is 6.92 Å².